The molecular formula is C29H29N3O6. The molecule has 0 aliphatic heterocycles. The first kappa shape index (κ1) is 26.4. The van der Waals surface area contributed by atoms with Gasteiger partial charge in [-0.15, -0.1) is 0 Å². The lowest BCUT2D eigenvalue weighted by Crippen LogP contribution is -2.24. The van der Waals surface area contributed by atoms with Crippen molar-refractivity contribution < 1.29 is 28.6 Å². The molecule has 0 radical (unpaired) electrons. The number of primary amides is 1. The average molecular weight is 516 g/mol. The maximum atomic E-state index is 13.1. The van der Waals surface area contributed by atoms with Gasteiger partial charge in [-0.1, -0.05) is 55.5 Å². The van der Waals surface area contributed by atoms with Crippen LogP contribution >= 0.6 is 0 Å². The van der Waals surface area contributed by atoms with Crippen molar-refractivity contribution in [3.63, 3.8) is 0 Å². The third kappa shape index (κ3) is 5.83. The summed E-state index contributed by atoms with van der Waals surface area (Å²) in [4.78, 5) is 37.3. The monoisotopic (exact) mass is 515 g/mol. The maximum Gasteiger partial charge on any atom is 0.344 e. The molecule has 2 aromatic carbocycles. The third-order valence-corrected chi connectivity index (χ3v) is 5.91. The number of para-hydroxylation sites is 1. The Labute approximate surface area is 220 Å². The average Bonchev–Trinajstić information content (AvgIpc) is 3.24. The van der Waals surface area contributed by atoms with E-state index in [-0.39, 0.29) is 30.0 Å². The molecule has 0 spiro atoms. The zero-order valence-electron chi connectivity index (χ0n) is 21.3. The summed E-state index contributed by atoms with van der Waals surface area (Å²) in [5.74, 6) is -1.67. The molecule has 9 nitrogen and oxygen atoms in total. The number of nitrogens with two attached hydrogens (primary N) is 1. The lowest BCUT2D eigenvalue weighted by Gasteiger charge is -2.13. The van der Waals surface area contributed by atoms with E-state index in [9.17, 15) is 14.4 Å². The van der Waals surface area contributed by atoms with Crippen LogP contribution in [0.1, 0.15) is 46.7 Å². The number of ether oxygens (including phenoxy) is 3. The molecule has 2 N–H and O–H groups in total. The second kappa shape index (κ2) is 12.1. The predicted octanol–water partition coefficient (Wildman–Crippen LogP) is 3.68. The van der Waals surface area contributed by atoms with Crippen LogP contribution in [-0.4, -0.2) is 40.5 Å². The van der Waals surface area contributed by atoms with E-state index in [4.69, 9.17) is 25.0 Å². The number of aromatic nitrogens is 2. The molecule has 0 aliphatic rings. The SMILES string of the molecule is CCOC(=O)COc1cc(COc2ccccc2)nn2c(Cc3ccccc3)c(CC)c(C(=O)C(N)=O)c12. The Morgan fingerprint density at radius 3 is 2.26 bits per heavy atom. The number of hydrogen-bond donors (Lipinski definition) is 1. The summed E-state index contributed by atoms with van der Waals surface area (Å²) in [6, 6.07) is 20.6. The van der Waals surface area contributed by atoms with Crippen molar-refractivity contribution in [1.29, 1.82) is 0 Å². The summed E-state index contributed by atoms with van der Waals surface area (Å²) in [6.45, 7) is 3.49. The fraction of sp³-hybridized carbons (Fsp3) is 0.241. The summed E-state index contributed by atoms with van der Waals surface area (Å²) >= 11 is 0. The van der Waals surface area contributed by atoms with E-state index >= 15 is 0 Å². The van der Waals surface area contributed by atoms with Crippen LogP contribution in [0.4, 0.5) is 0 Å². The molecule has 2 heterocycles. The van der Waals surface area contributed by atoms with Gasteiger partial charge in [0.2, 0.25) is 0 Å². The van der Waals surface area contributed by atoms with Crippen LogP contribution in [0.15, 0.2) is 66.7 Å². The zero-order chi connectivity index (χ0) is 27.1. The predicted molar refractivity (Wildman–Crippen MR) is 140 cm³/mol. The number of Topliss-reactive ketones (excluding diaryl/α,β-unsaturated/α-hetero) is 1. The first-order valence-corrected chi connectivity index (χ1v) is 12.3. The number of amides is 1. The molecule has 38 heavy (non-hydrogen) atoms. The molecule has 0 aliphatic carbocycles. The van der Waals surface area contributed by atoms with Crippen molar-refractivity contribution in [2.75, 3.05) is 13.2 Å². The van der Waals surface area contributed by atoms with Gasteiger partial charge in [-0.05, 0) is 36.6 Å². The van der Waals surface area contributed by atoms with Crippen LogP contribution in [0.3, 0.4) is 0 Å². The molecule has 196 valence electrons. The Morgan fingerprint density at radius 1 is 0.947 bits per heavy atom. The lowest BCUT2D eigenvalue weighted by atomic mass is 9.99. The van der Waals surface area contributed by atoms with E-state index in [0.717, 1.165) is 5.56 Å². The van der Waals surface area contributed by atoms with Gasteiger partial charge >= 0.3 is 5.97 Å². The summed E-state index contributed by atoms with van der Waals surface area (Å²) in [5.41, 5.74) is 8.65. The van der Waals surface area contributed by atoms with Crippen LogP contribution in [0.25, 0.3) is 5.52 Å². The van der Waals surface area contributed by atoms with Crippen LogP contribution in [0, 0.1) is 0 Å². The second-order valence-corrected chi connectivity index (χ2v) is 8.47. The van der Waals surface area contributed by atoms with Crippen molar-refractivity contribution in [1.82, 2.24) is 9.61 Å². The van der Waals surface area contributed by atoms with Crippen LogP contribution < -0.4 is 15.2 Å². The van der Waals surface area contributed by atoms with Gasteiger partial charge in [0, 0.05) is 12.5 Å². The van der Waals surface area contributed by atoms with Gasteiger partial charge in [0.05, 0.1) is 17.9 Å². The number of fused-ring (bicyclic) bond motifs is 1. The highest BCUT2D eigenvalue weighted by molar-refractivity contribution is 6.44. The lowest BCUT2D eigenvalue weighted by molar-refractivity contribution is -0.145. The number of hydrogen-bond acceptors (Lipinski definition) is 7. The third-order valence-electron chi connectivity index (χ3n) is 5.91. The van der Waals surface area contributed by atoms with Crippen molar-refractivity contribution in [2.24, 2.45) is 5.73 Å². The van der Waals surface area contributed by atoms with Gasteiger partial charge in [-0.2, -0.15) is 5.10 Å². The highest BCUT2D eigenvalue weighted by Gasteiger charge is 2.29. The fourth-order valence-corrected chi connectivity index (χ4v) is 4.28. The van der Waals surface area contributed by atoms with E-state index < -0.39 is 24.3 Å². The molecular weight excluding hydrogens is 486 g/mol. The van der Waals surface area contributed by atoms with Crippen LogP contribution in [0.2, 0.25) is 0 Å². The number of rotatable bonds is 12. The van der Waals surface area contributed by atoms with Crippen molar-refractivity contribution >= 4 is 23.2 Å². The molecule has 2 aromatic heterocycles. The van der Waals surface area contributed by atoms with E-state index in [2.05, 4.69) is 0 Å². The minimum Gasteiger partial charge on any atom is -0.487 e. The molecule has 0 atom stereocenters. The van der Waals surface area contributed by atoms with E-state index in [1.807, 2.05) is 67.6 Å². The molecule has 4 aromatic rings. The van der Waals surface area contributed by atoms with Gasteiger partial charge in [0.25, 0.3) is 11.7 Å². The summed E-state index contributed by atoms with van der Waals surface area (Å²) in [5, 5.41) is 4.77. The largest absolute Gasteiger partial charge is 0.487 e. The van der Waals surface area contributed by atoms with Gasteiger partial charge in [0.15, 0.2) is 6.61 Å². The summed E-state index contributed by atoms with van der Waals surface area (Å²) < 4.78 is 18.4. The molecule has 0 saturated heterocycles. The van der Waals surface area contributed by atoms with Crippen molar-refractivity contribution in [3.8, 4) is 11.5 Å². The number of carbonyl (C=O) groups excluding carboxylic acids is 3. The second-order valence-electron chi connectivity index (χ2n) is 8.47. The number of benzene rings is 2. The highest BCUT2D eigenvalue weighted by atomic mass is 16.6. The molecule has 1 amide bonds. The Morgan fingerprint density at radius 2 is 1.63 bits per heavy atom. The molecule has 0 saturated carbocycles. The number of nitrogens with zero attached hydrogens (tertiary/aromatic N) is 2. The minimum atomic E-state index is -1.09. The Bertz CT molecular complexity index is 1450. The highest BCUT2D eigenvalue weighted by Crippen LogP contribution is 2.33. The molecule has 0 unspecified atom stereocenters. The van der Waals surface area contributed by atoms with Crippen LogP contribution in [-0.2, 0) is 33.8 Å². The van der Waals surface area contributed by atoms with E-state index in [0.29, 0.717) is 35.5 Å². The summed E-state index contributed by atoms with van der Waals surface area (Å²) in [7, 11) is 0. The summed E-state index contributed by atoms with van der Waals surface area (Å²) in [6.07, 6.45) is 0.873. The Hall–Kier alpha value is -4.66. The van der Waals surface area contributed by atoms with E-state index in [1.54, 1.807) is 17.5 Å². The Kier molecular flexibility index (Phi) is 8.37. The van der Waals surface area contributed by atoms with Crippen molar-refractivity contribution in [3.05, 3.63) is 94.8 Å². The number of esters is 1. The number of ketones is 1. The molecule has 4 rings (SSSR count). The van der Waals surface area contributed by atoms with Gasteiger partial charge in [-0.3, -0.25) is 9.59 Å². The Balaban J connectivity index is 1.90. The smallest absolute Gasteiger partial charge is 0.344 e. The fourth-order valence-electron chi connectivity index (χ4n) is 4.28. The minimum absolute atomic E-state index is 0.0965. The quantitative estimate of drug-likeness (QED) is 0.173. The van der Waals surface area contributed by atoms with E-state index in [1.165, 1.54) is 0 Å². The topological polar surface area (TPSA) is 122 Å². The van der Waals surface area contributed by atoms with Gasteiger partial charge < -0.3 is 19.9 Å². The first-order chi connectivity index (χ1) is 18.4. The van der Waals surface area contributed by atoms with Crippen molar-refractivity contribution in [2.45, 2.75) is 33.3 Å². The van der Waals surface area contributed by atoms with Gasteiger partial charge in [-0.25, -0.2) is 9.31 Å². The van der Waals surface area contributed by atoms with Crippen LogP contribution in [0.5, 0.6) is 11.5 Å². The zero-order valence-corrected chi connectivity index (χ0v) is 21.3. The molecule has 0 fully saturated rings. The first-order valence-electron chi connectivity index (χ1n) is 12.3. The number of carbonyl (C=O) groups is 3. The van der Waals surface area contributed by atoms with Gasteiger partial charge in [0.1, 0.15) is 29.3 Å². The molecule has 9 heteroatoms. The normalized spacial score (nSPS) is 10.8. The molecule has 0 bridgehead atoms. The maximum absolute atomic E-state index is 13.1. The standard InChI is InChI=1S/C29H29N3O6/c1-3-22-23(15-19-11-7-5-8-12-19)32-27(26(22)28(34)29(30)35)24(38-18-25(33)36-4-2)16-20(31-32)17-37-21-13-9-6-10-14-21/h5-14,16H,3-4,15,17-18H2,1-2H3,(H2,30,35).